The molecule has 3 rings (SSSR count). The predicted molar refractivity (Wildman–Crippen MR) is 145 cm³/mol. The molecule has 8 heteroatoms. The fourth-order valence-electron chi connectivity index (χ4n) is 3.70. The molecule has 1 N–H and O–H groups in total. The number of nitrogens with one attached hydrogen (secondary N) is 1. The average Bonchev–Trinajstić information content (AvgIpc) is 2.89. The summed E-state index contributed by atoms with van der Waals surface area (Å²) in [4.78, 5) is 28.5. The number of methoxy groups -OCH3 is 1. The van der Waals surface area contributed by atoms with Gasteiger partial charge in [0.25, 0.3) is 5.91 Å². The van der Waals surface area contributed by atoms with Gasteiger partial charge in [-0.1, -0.05) is 76.9 Å². The van der Waals surface area contributed by atoms with Crippen molar-refractivity contribution in [3.05, 3.63) is 93.4 Å². The number of ether oxygens (including phenoxy) is 2. The van der Waals surface area contributed by atoms with Gasteiger partial charge in [-0.2, -0.15) is 0 Å². The number of rotatable bonds is 12. The van der Waals surface area contributed by atoms with E-state index in [-0.39, 0.29) is 25.0 Å². The summed E-state index contributed by atoms with van der Waals surface area (Å²) in [5.74, 6) is 0.528. The first-order chi connectivity index (χ1) is 17.4. The monoisotopic (exact) mass is 572 g/mol. The second-order valence-electron chi connectivity index (χ2n) is 8.23. The fraction of sp³-hybridized carbons (Fsp3) is 0.286. The maximum atomic E-state index is 13.6. The third kappa shape index (κ3) is 8.00. The van der Waals surface area contributed by atoms with Gasteiger partial charge >= 0.3 is 0 Å². The lowest BCUT2D eigenvalue weighted by Gasteiger charge is -2.31. The van der Waals surface area contributed by atoms with E-state index in [0.717, 1.165) is 22.0 Å². The van der Waals surface area contributed by atoms with Crippen LogP contribution in [0.1, 0.15) is 24.5 Å². The first kappa shape index (κ1) is 27.6. The quantitative estimate of drug-likeness (QED) is 0.304. The SMILES string of the molecule is CCCNC(=O)[C@@H](Cc1ccccc1)N(Cc1cccc(OC)c1)C(=O)COc1ccc(Br)cc1Cl. The molecule has 36 heavy (non-hydrogen) atoms. The zero-order valence-corrected chi connectivity index (χ0v) is 22.7. The highest BCUT2D eigenvalue weighted by Gasteiger charge is 2.30. The molecule has 0 radical (unpaired) electrons. The van der Waals surface area contributed by atoms with E-state index in [1.807, 2.05) is 61.5 Å². The van der Waals surface area contributed by atoms with Crippen LogP contribution in [0.2, 0.25) is 5.02 Å². The molecular weight excluding hydrogens is 544 g/mol. The molecule has 0 aliphatic rings. The molecule has 2 amide bonds. The summed E-state index contributed by atoms with van der Waals surface area (Å²) in [7, 11) is 1.59. The van der Waals surface area contributed by atoms with E-state index in [4.69, 9.17) is 21.1 Å². The van der Waals surface area contributed by atoms with Crippen LogP contribution in [0, 0.1) is 0 Å². The second kappa shape index (κ2) is 13.9. The van der Waals surface area contributed by atoms with Gasteiger partial charge in [-0.25, -0.2) is 0 Å². The molecule has 0 aromatic heterocycles. The Kier molecular flexibility index (Phi) is 10.6. The highest BCUT2D eigenvalue weighted by atomic mass is 79.9. The van der Waals surface area contributed by atoms with Crippen LogP contribution in [-0.4, -0.2) is 43.0 Å². The van der Waals surface area contributed by atoms with Crippen molar-refractivity contribution >= 4 is 39.3 Å². The predicted octanol–water partition coefficient (Wildman–Crippen LogP) is 5.66. The molecule has 190 valence electrons. The minimum absolute atomic E-state index is 0.210. The van der Waals surface area contributed by atoms with Crippen molar-refractivity contribution in [3.8, 4) is 11.5 Å². The van der Waals surface area contributed by atoms with Gasteiger partial charge in [-0.15, -0.1) is 0 Å². The van der Waals surface area contributed by atoms with Crippen LogP contribution in [0.3, 0.4) is 0 Å². The summed E-state index contributed by atoms with van der Waals surface area (Å²) in [6, 6.07) is 21.6. The fourth-order valence-corrected chi connectivity index (χ4v) is 4.43. The van der Waals surface area contributed by atoms with Crippen molar-refractivity contribution in [1.29, 1.82) is 0 Å². The molecule has 0 saturated carbocycles. The van der Waals surface area contributed by atoms with Crippen molar-refractivity contribution in [2.45, 2.75) is 32.4 Å². The Hall–Kier alpha value is -3.03. The van der Waals surface area contributed by atoms with Gasteiger partial charge in [0, 0.05) is 24.0 Å². The van der Waals surface area contributed by atoms with Gasteiger partial charge in [0.1, 0.15) is 17.5 Å². The van der Waals surface area contributed by atoms with Gasteiger partial charge in [-0.3, -0.25) is 9.59 Å². The minimum atomic E-state index is -0.735. The number of nitrogens with zero attached hydrogens (tertiary/aromatic N) is 1. The molecule has 3 aromatic carbocycles. The Morgan fingerprint density at radius 2 is 1.78 bits per heavy atom. The standard InChI is InChI=1S/C28H30BrClN2O4/c1-3-14-31-28(34)25(16-20-8-5-4-6-9-20)32(18-21-10-7-11-23(15-21)35-2)27(33)19-36-26-13-12-22(29)17-24(26)30/h4-13,15,17,25H,3,14,16,18-19H2,1-2H3,(H,31,34)/t25-/m1/s1. The maximum Gasteiger partial charge on any atom is 0.261 e. The number of carbonyl (C=O) groups is 2. The maximum absolute atomic E-state index is 13.6. The lowest BCUT2D eigenvalue weighted by Crippen LogP contribution is -2.51. The summed E-state index contributed by atoms with van der Waals surface area (Å²) < 4.78 is 11.9. The zero-order chi connectivity index (χ0) is 25.9. The van der Waals surface area contributed by atoms with Crippen molar-refractivity contribution < 1.29 is 19.1 Å². The molecule has 6 nitrogen and oxygen atoms in total. The molecule has 0 aliphatic heterocycles. The Morgan fingerprint density at radius 1 is 1.03 bits per heavy atom. The summed E-state index contributed by atoms with van der Waals surface area (Å²) in [5.41, 5.74) is 1.79. The minimum Gasteiger partial charge on any atom is -0.497 e. The topological polar surface area (TPSA) is 67.9 Å². The van der Waals surface area contributed by atoms with Crippen LogP contribution in [0.4, 0.5) is 0 Å². The lowest BCUT2D eigenvalue weighted by atomic mass is 10.0. The normalized spacial score (nSPS) is 11.4. The molecule has 0 heterocycles. The van der Waals surface area contributed by atoms with E-state index in [1.54, 1.807) is 30.2 Å². The average molecular weight is 574 g/mol. The Labute approximate surface area is 225 Å². The first-order valence-corrected chi connectivity index (χ1v) is 12.9. The van der Waals surface area contributed by atoms with Gasteiger partial charge in [0.05, 0.1) is 12.1 Å². The van der Waals surface area contributed by atoms with E-state index in [1.165, 1.54) is 0 Å². The second-order valence-corrected chi connectivity index (χ2v) is 9.56. The van der Waals surface area contributed by atoms with Gasteiger partial charge in [0.15, 0.2) is 6.61 Å². The van der Waals surface area contributed by atoms with E-state index < -0.39 is 6.04 Å². The van der Waals surface area contributed by atoms with Crippen LogP contribution in [-0.2, 0) is 22.6 Å². The highest BCUT2D eigenvalue weighted by molar-refractivity contribution is 9.10. The summed E-state index contributed by atoms with van der Waals surface area (Å²) >= 11 is 9.64. The molecule has 1 atom stereocenters. The Balaban J connectivity index is 1.91. The lowest BCUT2D eigenvalue weighted by molar-refractivity contribution is -0.142. The zero-order valence-electron chi connectivity index (χ0n) is 20.4. The number of amides is 2. The number of hydrogen-bond donors (Lipinski definition) is 1. The molecule has 0 bridgehead atoms. The third-order valence-electron chi connectivity index (χ3n) is 5.55. The smallest absolute Gasteiger partial charge is 0.261 e. The molecule has 3 aromatic rings. The van der Waals surface area contributed by atoms with Crippen LogP contribution in [0.25, 0.3) is 0 Å². The number of hydrogen-bond acceptors (Lipinski definition) is 4. The first-order valence-electron chi connectivity index (χ1n) is 11.7. The number of halogens is 2. The highest BCUT2D eigenvalue weighted by Crippen LogP contribution is 2.28. The molecule has 0 saturated heterocycles. The van der Waals surface area contributed by atoms with Crippen LogP contribution in [0.5, 0.6) is 11.5 Å². The summed E-state index contributed by atoms with van der Waals surface area (Å²) in [6.07, 6.45) is 1.16. The van der Waals surface area contributed by atoms with Crippen LogP contribution < -0.4 is 14.8 Å². The molecule has 0 fully saturated rings. The van der Waals surface area contributed by atoms with E-state index >= 15 is 0 Å². The van der Waals surface area contributed by atoms with E-state index in [9.17, 15) is 9.59 Å². The Morgan fingerprint density at radius 3 is 2.47 bits per heavy atom. The van der Waals surface area contributed by atoms with Crippen LogP contribution in [0.15, 0.2) is 77.3 Å². The molecule has 0 unspecified atom stereocenters. The van der Waals surface area contributed by atoms with Crippen LogP contribution >= 0.6 is 27.5 Å². The van der Waals surface area contributed by atoms with Gasteiger partial charge < -0.3 is 19.7 Å². The van der Waals surface area contributed by atoms with Gasteiger partial charge in [0.2, 0.25) is 5.91 Å². The number of carbonyl (C=O) groups excluding carboxylic acids is 2. The third-order valence-corrected chi connectivity index (χ3v) is 6.34. The summed E-state index contributed by atoms with van der Waals surface area (Å²) in [6.45, 7) is 2.46. The van der Waals surface area contributed by atoms with Crippen molar-refractivity contribution in [2.75, 3.05) is 20.3 Å². The largest absolute Gasteiger partial charge is 0.497 e. The van der Waals surface area contributed by atoms with Crippen molar-refractivity contribution in [1.82, 2.24) is 10.2 Å². The Bertz CT molecular complexity index is 1160. The molecule has 0 aliphatic carbocycles. The number of benzene rings is 3. The molecular formula is C28H30BrClN2O4. The van der Waals surface area contributed by atoms with Crippen molar-refractivity contribution in [2.24, 2.45) is 0 Å². The van der Waals surface area contributed by atoms with E-state index in [2.05, 4.69) is 21.2 Å². The van der Waals surface area contributed by atoms with E-state index in [0.29, 0.717) is 29.5 Å². The molecule has 0 spiro atoms. The van der Waals surface area contributed by atoms with Gasteiger partial charge in [-0.05, 0) is 47.9 Å². The van der Waals surface area contributed by atoms with Crippen molar-refractivity contribution in [3.63, 3.8) is 0 Å². The summed E-state index contributed by atoms with van der Waals surface area (Å²) in [5, 5.41) is 3.35.